The Kier molecular flexibility index (Phi) is 6.52. The Morgan fingerprint density at radius 1 is 1.24 bits per heavy atom. The third kappa shape index (κ3) is 5.01. The lowest BCUT2D eigenvalue weighted by molar-refractivity contribution is -0.139. The summed E-state index contributed by atoms with van der Waals surface area (Å²) in [5.74, 6) is 1.05. The van der Waals surface area contributed by atoms with E-state index in [1.165, 1.54) is 32.1 Å². The molecule has 0 aromatic heterocycles. The molecule has 4 nitrogen and oxygen atoms in total. The Labute approximate surface area is 128 Å². The Morgan fingerprint density at radius 2 is 2.00 bits per heavy atom. The monoisotopic (exact) mass is 294 g/mol. The van der Waals surface area contributed by atoms with Crippen molar-refractivity contribution in [3.05, 3.63) is 0 Å². The van der Waals surface area contributed by atoms with Crippen molar-refractivity contribution in [2.24, 2.45) is 11.8 Å². The molecule has 1 saturated carbocycles. The van der Waals surface area contributed by atoms with Gasteiger partial charge in [-0.1, -0.05) is 32.6 Å². The Balaban J connectivity index is 1.80. The van der Waals surface area contributed by atoms with Crippen molar-refractivity contribution in [3.8, 4) is 0 Å². The largest absolute Gasteiger partial charge is 0.356 e. The molecule has 0 spiro atoms. The zero-order valence-electron chi connectivity index (χ0n) is 13.4. The highest BCUT2D eigenvalue weighted by molar-refractivity contribution is 5.83. The number of rotatable bonds is 6. The number of hydrogen-bond donors (Lipinski definition) is 1. The molecule has 2 amide bonds. The third-order valence-electron chi connectivity index (χ3n) is 4.90. The predicted molar refractivity (Wildman–Crippen MR) is 83.8 cm³/mol. The van der Waals surface area contributed by atoms with Crippen LogP contribution in [0.4, 0.5) is 0 Å². The summed E-state index contributed by atoms with van der Waals surface area (Å²) in [4.78, 5) is 26.2. The summed E-state index contributed by atoms with van der Waals surface area (Å²) in [5.41, 5.74) is 0. The fourth-order valence-electron chi connectivity index (χ4n) is 3.52. The van der Waals surface area contributed by atoms with Gasteiger partial charge in [-0.25, -0.2) is 0 Å². The van der Waals surface area contributed by atoms with E-state index in [1.54, 1.807) is 0 Å². The van der Waals surface area contributed by atoms with Gasteiger partial charge in [-0.3, -0.25) is 9.59 Å². The number of carbonyl (C=O) groups excluding carboxylic acids is 2. The van der Waals surface area contributed by atoms with Crippen LogP contribution in [0.15, 0.2) is 0 Å². The van der Waals surface area contributed by atoms with E-state index in [-0.39, 0.29) is 17.7 Å². The summed E-state index contributed by atoms with van der Waals surface area (Å²) in [6, 6.07) is 0. The highest BCUT2D eigenvalue weighted by Crippen LogP contribution is 2.27. The molecule has 0 bridgehead atoms. The van der Waals surface area contributed by atoms with Crippen LogP contribution in [0.2, 0.25) is 0 Å². The highest BCUT2D eigenvalue weighted by Gasteiger charge is 2.31. The lowest BCUT2D eigenvalue weighted by atomic mass is 9.87. The van der Waals surface area contributed by atoms with Gasteiger partial charge >= 0.3 is 0 Å². The molecule has 0 radical (unpaired) electrons. The van der Waals surface area contributed by atoms with E-state index in [2.05, 4.69) is 12.2 Å². The number of piperidine rings is 1. The van der Waals surface area contributed by atoms with Gasteiger partial charge < -0.3 is 10.2 Å². The number of nitrogens with zero attached hydrogens (tertiary/aromatic N) is 1. The van der Waals surface area contributed by atoms with Crippen LogP contribution in [0.1, 0.15) is 64.7 Å². The SMILES string of the molecule is CCCCNC(=O)[C@@H]1CCC(=O)N(CC2CCCCC2)C1. The summed E-state index contributed by atoms with van der Waals surface area (Å²) in [5, 5.41) is 3.02. The van der Waals surface area contributed by atoms with E-state index < -0.39 is 0 Å². The number of carbonyl (C=O) groups is 2. The first-order valence-electron chi connectivity index (χ1n) is 8.76. The van der Waals surface area contributed by atoms with Crippen molar-refractivity contribution < 1.29 is 9.59 Å². The zero-order chi connectivity index (χ0) is 15.1. The summed E-state index contributed by atoms with van der Waals surface area (Å²) in [6.07, 6.45) is 9.82. The van der Waals surface area contributed by atoms with Crippen LogP contribution in [-0.2, 0) is 9.59 Å². The van der Waals surface area contributed by atoms with Crippen LogP contribution in [0.3, 0.4) is 0 Å². The fourth-order valence-corrected chi connectivity index (χ4v) is 3.52. The van der Waals surface area contributed by atoms with E-state index in [9.17, 15) is 9.59 Å². The Morgan fingerprint density at radius 3 is 2.71 bits per heavy atom. The van der Waals surface area contributed by atoms with E-state index in [0.717, 1.165) is 32.4 Å². The quantitative estimate of drug-likeness (QED) is 0.766. The average molecular weight is 294 g/mol. The van der Waals surface area contributed by atoms with Gasteiger partial charge in [-0.05, 0) is 31.6 Å². The molecule has 2 rings (SSSR count). The Bertz CT molecular complexity index is 351. The maximum Gasteiger partial charge on any atom is 0.224 e. The maximum absolute atomic E-state index is 12.2. The molecule has 1 aliphatic carbocycles. The van der Waals surface area contributed by atoms with Crippen LogP contribution in [-0.4, -0.2) is 36.3 Å². The fraction of sp³-hybridized carbons (Fsp3) is 0.882. The smallest absolute Gasteiger partial charge is 0.224 e. The topological polar surface area (TPSA) is 49.4 Å². The molecule has 2 fully saturated rings. The normalized spacial score (nSPS) is 24.1. The lowest BCUT2D eigenvalue weighted by Crippen LogP contribution is -2.47. The van der Waals surface area contributed by atoms with Gasteiger partial charge in [0.05, 0.1) is 5.92 Å². The van der Waals surface area contributed by atoms with Gasteiger partial charge in [-0.15, -0.1) is 0 Å². The molecule has 0 aromatic carbocycles. The minimum absolute atomic E-state index is 0.00291. The van der Waals surface area contributed by atoms with E-state index in [4.69, 9.17) is 0 Å². The first kappa shape index (κ1) is 16.3. The van der Waals surface area contributed by atoms with Gasteiger partial charge in [0.25, 0.3) is 0 Å². The molecule has 21 heavy (non-hydrogen) atoms. The molecule has 1 aliphatic heterocycles. The van der Waals surface area contributed by atoms with Crippen molar-refractivity contribution in [1.29, 1.82) is 0 Å². The molecule has 0 aromatic rings. The van der Waals surface area contributed by atoms with Crippen molar-refractivity contribution in [1.82, 2.24) is 10.2 Å². The van der Waals surface area contributed by atoms with E-state index in [1.807, 2.05) is 4.90 Å². The minimum Gasteiger partial charge on any atom is -0.356 e. The van der Waals surface area contributed by atoms with Crippen LogP contribution in [0.5, 0.6) is 0 Å². The van der Waals surface area contributed by atoms with Crippen LogP contribution >= 0.6 is 0 Å². The Hall–Kier alpha value is -1.06. The first-order chi connectivity index (χ1) is 10.2. The molecule has 1 heterocycles. The van der Waals surface area contributed by atoms with Gasteiger partial charge in [0.2, 0.25) is 11.8 Å². The highest BCUT2D eigenvalue weighted by atomic mass is 16.2. The van der Waals surface area contributed by atoms with Gasteiger partial charge in [0, 0.05) is 26.1 Å². The van der Waals surface area contributed by atoms with Crippen molar-refractivity contribution in [2.45, 2.75) is 64.7 Å². The van der Waals surface area contributed by atoms with Crippen LogP contribution in [0.25, 0.3) is 0 Å². The van der Waals surface area contributed by atoms with Gasteiger partial charge in [0.15, 0.2) is 0 Å². The molecule has 120 valence electrons. The number of amides is 2. The van der Waals surface area contributed by atoms with Crippen molar-refractivity contribution >= 4 is 11.8 Å². The van der Waals surface area contributed by atoms with E-state index in [0.29, 0.717) is 18.9 Å². The molecule has 1 N–H and O–H groups in total. The van der Waals surface area contributed by atoms with Crippen molar-refractivity contribution in [2.75, 3.05) is 19.6 Å². The molecule has 1 saturated heterocycles. The van der Waals surface area contributed by atoms with Crippen LogP contribution < -0.4 is 5.32 Å². The molecule has 1 atom stereocenters. The zero-order valence-corrected chi connectivity index (χ0v) is 13.4. The summed E-state index contributed by atoms with van der Waals surface area (Å²) >= 11 is 0. The first-order valence-corrected chi connectivity index (χ1v) is 8.76. The molecular weight excluding hydrogens is 264 g/mol. The second-order valence-electron chi connectivity index (χ2n) is 6.68. The van der Waals surface area contributed by atoms with E-state index >= 15 is 0 Å². The summed E-state index contributed by atoms with van der Waals surface area (Å²) in [7, 11) is 0. The molecule has 0 unspecified atom stereocenters. The number of nitrogens with one attached hydrogen (secondary N) is 1. The van der Waals surface area contributed by atoms with Gasteiger partial charge in [0.1, 0.15) is 0 Å². The van der Waals surface area contributed by atoms with Crippen LogP contribution in [0, 0.1) is 11.8 Å². The lowest BCUT2D eigenvalue weighted by Gasteiger charge is -2.35. The maximum atomic E-state index is 12.2. The number of likely N-dealkylation sites (tertiary alicyclic amines) is 1. The number of hydrogen-bond acceptors (Lipinski definition) is 2. The standard InChI is InChI=1S/C17H30N2O2/c1-2-3-11-18-17(21)15-9-10-16(20)19(13-15)12-14-7-5-4-6-8-14/h14-15H,2-13H2,1H3,(H,18,21)/t15-/m1/s1. The predicted octanol–water partition coefficient (Wildman–Crippen LogP) is 2.72. The van der Waals surface area contributed by atoms with Gasteiger partial charge in [-0.2, -0.15) is 0 Å². The van der Waals surface area contributed by atoms with Crippen molar-refractivity contribution in [3.63, 3.8) is 0 Å². The summed E-state index contributed by atoms with van der Waals surface area (Å²) in [6.45, 7) is 4.39. The second kappa shape index (κ2) is 8.40. The molecule has 4 heteroatoms. The molecule has 2 aliphatic rings. The second-order valence-corrected chi connectivity index (χ2v) is 6.68. The third-order valence-corrected chi connectivity index (χ3v) is 4.90. The summed E-state index contributed by atoms with van der Waals surface area (Å²) < 4.78 is 0. The molecular formula is C17H30N2O2. The average Bonchev–Trinajstić information content (AvgIpc) is 2.50. The minimum atomic E-state index is 0.00291. The number of unbranched alkanes of at least 4 members (excludes halogenated alkanes) is 1.